The summed E-state index contributed by atoms with van der Waals surface area (Å²) >= 11 is 6.18. The molecule has 0 radical (unpaired) electrons. The first-order chi connectivity index (χ1) is 11.5. The van der Waals surface area contributed by atoms with Crippen LogP contribution in [-0.4, -0.2) is 20.3 Å². The third kappa shape index (κ3) is 3.17. The van der Waals surface area contributed by atoms with Crippen molar-refractivity contribution in [2.45, 2.75) is 33.4 Å². The van der Waals surface area contributed by atoms with Crippen molar-refractivity contribution < 1.29 is 4.79 Å². The molecule has 126 valence electrons. The lowest BCUT2D eigenvalue weighted by Gasteiger charge is -2.08. The predicted octanol–water partition coefficient (Wildman–Crippen LogP) is 3.35. The Kier molecular flexibility index (Phi) is 4.62. The summed E-state index contributed by atoms with van der Waals surface area (Å²) in [4.78, 5) is 12.2. The standard InChI is InChI=1S/C18H21ClN4O/c1-12-15(13(2)22(3)21-12)11-20-18(24)8-10-23-9-7-14-16(19)5-4-6-17(14)23/h4-7,9H,8,10-11H2,1-3H3,(H,20,24). The van der Waals surface area contributed by atoms with Crippen LogP contribution in [0.3, 0.4) is 0 Å². The highest BCUT2D eigenvalue weighted by Gasteiger charge is 2.11. The lowest BCUT2D eigenvalue weighted by atomic mass is 10.2. The fourth-order valence-corrected chi connectivity index (χ4v) is 3.18. The number of nitrogens with one attached hydrogen (secondary N) is 1. The van der Waals surface area contributed by atoms with Gasteiger partial charge in [-0.15, -0.1) is 0 Å². The van der Waals surface area contributed by atoms with Gasteiger partial charge in [-0.25, -0.2) is 0 Å². The zero-order valence-electron chi connectivity index (χ0n) is 14.1. The van der Waals surface area contributed by atoms with Crippen molar-refractivity contribution in [1.29, 1.82) is 0 Å². The van der Waals surface area contributed by atoms with E-state index in [0.717, 1.165) is 32.9 Å². The van der Waals surface area contributed by atoms with Crippen LogP contribution in [0.2, 0.25) is 5.02 Å². The second-order valence-electron chi connectivity index (χ2n) is 5.98. The normalized spacial score (nSPS) is 11.2. The van der Waals surface area contributed by atoms with Crippen molar-refractivity contribution in [2.75, 3.05) is 0 Å². The number of aromatic nitrogens is 3. The lowest BCUT2D eigenvalue weighted by Crippen LogP contribution is -2.24. The monoisotopic (exact) mass is 344 g/mol. The van der Waals surface area contributed by atoms with Crippen molar-refractivity contribution in [3.63, 3.8) is 0 Å². The fraction of sp³-hybridized carbons (Fsp3) is 0.333. The molecule has 5 nitrogen and oxygen atoms in total. The Balaban J connectivity index is 1.60. The molecule has 2 aromatic heterocycles. The average molecular weight is 345 g/mol. The first-order valence-electron chi connectivity index (χ1n) is 7.96. The molecule has 0 aliphatic carbocycles. The molecule has 0 aliphatic rings. The number of aryl methyl sites for hydroxylation is 3. The summed E-state index contributed by atoms with van der Waals surface area (Å²) in [5.74, 6) is 0.0292. The van der Waals surface area contributed by atoms with Gasteiger partial charge in [-0.05, 0) is 32.0 Å². The quantitative estimate of drug-likeness (QED) is 0.771. The van der Waals surface area contributed by atoms with E-state index in [1.54, 1.807) is 0 Å². The molecule has 1 aromatic carbocycles. The Labute approximate surface area is 146 Å². The Bertz CT molecular complexity index is 894. The molecule has 1 amide bonds. The lowest BCUT2D eigenvalue weighted by molar-refractivity contribution is -0.121. The van der Waals surface area contributed by atoms with E-state index in [0.29, 0.717) is 19.5 Å². The summed E-state index contributed by atoms with van der Waals surface area (Å²) < 4.78 is 3.90. The minimum atomic E-state index is 0.0292. The first kappa shape index (κ1) is 16.6. The molecule has 0 bridgehead atoms. The molecule has 3 rings (SSSR count). The molecule has 0 aliphatic heterocycles. The number of nitrogens with zero attached hydrogens (tertiary/aromatic N) is 3. The van der Waals surface area contributed by atoms with Crippen molar-refractivity contribution in [3.8, 4) is 0 Å². The van der Waals surface area contributed by atoms with E-state index in [4.69, 9.17) is 11.6 Å². The highest BCUT2D eigenvalue weighted by Crippen LogP contribution is 2.24. The van der Waals surface area contributed by atoms with Crippen LogP contribution >= 0.6 is 11.6 Å². The molecule has 24 heavy (non-hydrogen) atoms. The van der Waals surface area contributed by atoms with Gasteiger partial charge in [-0.2, -0.15) is 5.10 Å². The smallest absolute Gasteiger partial charge is 0.222 e. The van der Waals surface area contributed by atoms with Crippen LogP contribution in [0.5, 0.6) is 0 Å². The number of fused-ring (bicyclic) bond motifs is 1. The van der Waals surface area contributed by atoms with Crippen molar-refractivity contribution in [1.82, 2.24) is 19.7 Å². The molecular formula is C18H21ClN4O. The van der Waals surface area contributed by atoms with E-state index in [2.05, 4.69) is 15.0 Å². The van der Waals surface area contributed by atoms with Crippen LogP contribution in [0.4, 0.5) is 0 Å². The van der Waals surface area contributed by atoms with Gasteiger partial charge in [0.15, 0.2) is 0 Å². The molecule has 3 aromatic rings. The van der Waals surface area contributed by atoms with Crippen LogP contribution in [0.1, 0.15) is 23.4 Å². The summed E-state index contributed by atoms with van der Waals surface area (Å²) in [6, 6.07) is 7.80. The van der Waals surface area contributed by atoms with Crippen molar-refractivity contribution in [2.24, 2.45) is 7.05 Å². The number of carbonyl (C=O) groups excluding carboxylic acids is 1. The highest BCUT2D eigenvalue weighted by atomic mass is 35.5. The largest absolute Gasteiger partial charge is 0.352 e. The second-order valence-corrected chi connectivity index (χ2v) is 6.39. The van der Waals surface area contributed by atoms with E-state index < -0.39 is 0 Å². The molecule has 0 atom stereocenters. The number of benzene rings is 1. The van der Waals surface area contributed by atoms with Crippen LogP contribution in [-0.2, 0) is 24.9 Å². The van der Waals surface area contributed by atoms with Crippen LogP contribution < -0.4 is 5.32 Å². The fourth-order valence-electron chi connectivity index (χ4n) is 2.95. The number of hydrogen-bond donors (Lipinski definition) is 1. The van der Waals surface area contributed by atoms with Crippen molar-refractivity contribution in [3.05, 3.63) is 52.4 Å². The summed E-state index contributed by atoms with van der Waals surface area (Å²) in [7, 11) is 1.91. The van der Waals surface area contributed by atoms with Gasteiger partial charge in [0.1, 0.15) is 0 Å². The van der Waals surface area contributed by atoms with Gasteiger partial charge in [0.05, 0.1) is 5.69 Å². The number of halogens is 1. The maximum atomic E-state index is 12.2. The minimum absolute atomic E-state index is 0.0292. The van der Waals surface area contributed by atoms with Crippen LogP contribution in [0, 0.1) is 13.8 Å². The Hall–Kier alpha value is -2.27. The third-order valence-electron chi connectivity index (χ3n) is 4.46. The first-order valence-corrected chi connectivity index (χ1v) is 8.34. The SMILES string of the molecule is Cc1nn(C)c(C)c1CNC(=O)CCn1ccc2c(Cl)cccc21. The zero-order valence-corrected chi connectivity index (χ0v) is 14.9. The van der Waals surface area contributed by atoms with E-state index >= 15 is 0 Å². The summed E-state index contributed by atoms with van der Waals surface area (Å²) in [5, 5.41) is 9.10. The number of amides is 1. The van der Waals surface area contributed by atoms with Gasteiger partial charge < -0.3 is 9.88 Å². The molecule has 0 saturated carbocycles. The van der Waals surface area contributed by atoms with Gasteiger partial charge in [0, 0.05) is 59.9 Å². The molecule has 0 saturated heterocycles. The summed E-state index contributed by atoms with van der Waals surface area (Å²) in [5.41, 5.74) is 4.18. The van der Waals surface area contributed by atoms with Crippen molar-refractivity contribution >= 4 is 28.4 Å². The topological polar surface area (TPSA) is 51.9 Å². The molecule has 2 heterocycles. The molecule has 0 spiro atoms. The number of rotatable bonds is 5. The van der Waals surface area contributed by atoms with Crippen LogP contribution in [0.15, 0.2) is 30.5 Å². The van der Waals surface area contributed by atoms with Gasteiger partial charge in [-0.3, -0.25) is 9.48 Å². The summed E-state index contributed by atoms with van der Waals surface area (Å²) in [6.07, 6.45) is 2.40. The Morgan fingerprint density at radius 1 is 1.29 bits per heavy atom. The van der Waals surface area contributed by atoms with E-state index in [9.17, 15) is 4.79 Å². The molecule has 6 heteroatoms. The molecule has 0 fully saturated rings. The van der Waals surface area contributed by atoms with Gasteiger partial charge in [0.25, 0.3) is 0 Å². The Morgan fingerprint density at radius 2 is 2.08 bits per heavy atom. The molecule has 0 unspecified atom stereocenters. The third-order valence-corrected chi connectivity index (χ3v) is 4.79. The zero-order chi connectivity index (χ0) is 17.3. The van der Waals surface area contributed by atoms with Crippen LogP contribution in [0.25, 0.3) is 10.9 Å². The predicted molar refractivity (Wildman–Crippen MR) is 96.1 cm³/mol. The Morgan fingerprint density at radius 3 is 2.79 bits per heavy atom. The highest BCUT2D eigenvalue weighted by molar-refractivity contribution is 6.35. The number of carbonyl (C=O) groups is 1. The van der Waals surface area contributed by atoms with Gasteiger partial charge >= 0.3 is 0 Å². The van der Waals surface area contributed by atoms with Gasteiger partial charge in [-0.1, -0.05) is 17.7 Å². The summed E-state index contributed by atoms with van der Waals surface area (Å²) in [6.45, 7) is 5.12. The molecule has 1 N–H and O–H groups in total. The minimum Gasteiger partial charge on any atom is -0.352 e. The number of hydrogen-bond acceptors (Lipinski definition) is 2. The maximum absolute atomic E-state index is 12.2. The average Bonchev–Trinajstić information content (AvgIpc) is 3.06. The second kappa shape index (κ2) is 6.69. The van der Waals surface area contributed by atoms with E-state index in [1.165, 1.54) is 0 Å². The maximum Gasteiger partial charge on any atom is 0.222 e. The van der Waals surface area contributed by atoms with E-state index in [1.807, 2.05) is 56.0 Å². The van der Waals surface area contributed by atoms with E-state index in [-0.39, 0.29) is 5.91 Å². The van der Waals surface area contributed by atoms with Gasteiger partial charge in [0.2, 0.25) is 5.91 Å². The molecular weight excluding hydrogens is 324 g/mol.